The molecular formula is C22H23N7O. The van der Waals surface area contributed by atoms with Crippen LogP contribution >= 0.6 is 0 Å². The summed E-state index contributed by atoms with van der Waals surface area (Å²) in [6.45, 7) is 2.86. The van der Waals surface area contributed by atoms with Gasteiger partial charge < -0.3 is 9.80 Å². The molecule has 0 saturated heterocycles. The Labute approximate surface area is 174 Å². The molecule has 2 aromatic heterocycles. The number of hydrogen-bond acceptors (Lipinski definition) is 5. The Morgan fingerprint density at radius 3 is 2.97 bits per heavy atom. The molecule has 0 fully saturated rings. The van der Waals surface area contributed by atoms with Gasteiger partial charge in [0.05, 0.1) is 31.3 Å². The Balaban J connectivity index is 1.55. The van der Waals surface area contributed by atoms with Gasteiger partial charge in [0.2, 0.25) is 5.91 Å². The molecule has 4 heterocycles. The summed E-state index contributed by atoms with van der Waals surface area (Å²) in [6.07, 6.45) is 5.83. The Hall–Kier alpha value is -3.60. The van der Waals surface area contributed by atoms with E-state index in [4.69, 9.17) is 0 Å². The molecule has 0 bridgehead atoms. The highest BCUT2D eigenvalue weighted by Crippen LogP contribution is 2.43. The largest absolute Gasteiger partial charge is 0.338 e. The SMILES string of the molecule is CC(=O)N1CCc2[nH]nc(N3c4ccc(-c5cnn(C)c5)cc4CC3CC#N)c2C1. The molecule has 1 N–H and O–H groups in total. The van der Waals surface area contributed by atoms with Crippen LogP contribution in [0.1, 0.15) is 30.2 Å². The Morgan fingerprint density at radius 2 is 2.23 bits per heavy atom. The van der Waals surface area contributed by atoms with E-state index in [0.29, 0.717) is 19.5 Å². The fourth-order valence-electron chi connectivity index (χ4n) is 4.58. The number of fused-ring (bicyclic) bond motifs is 2. The number of aromatic nitrogens is 4. The van der Waals surface area contributed by atoms with Crippen molar-refractivity contribution in [2.75, 3.05) is 11.4 Å². The first kappa shape index (κ1) is 18.4. The number of carbonyl (C=O) groups is 1. The van der Waals surface area contributed by atoms with Gasteiger partial charge >= 0.3 is 0 Å². The Bertz CT molecular complexity index is 1170. The fraction of sp³-hybridized carbons (Fsp3) is 0.364. The molecule has 8 heteroatoms. The summed E-state index contributed by atoms with van der Waals surface area (Å²) >= 11 is 0. The van der Waals surface area contributed by atoms with Gasteiger partial charge in [-0.2, -0.15) is 15.5 Å². The van der Waals surface area contributed by atoms with Crippen molar-refractivity contribution in [3.05, 3.63) is 47.4 Å². The summed E-state index contributed by atoms with van der Waals surface area (Å²) in [5.41, 5.74) is 6.61. The molecule has 5 rings (SSSR count). The van der Waals surface area contributed by atoms with Crippen LogP contribution in [-0.2, 0) is 31.2 Å². The van der Waals surface area contributed by atoms with E-state index in [0.717, 1.165) is 46.7 Å². The molecule has 2 aliphatic heterocycles. The van der Waals surface area contributed by atoms with Crippen molar-refractivity contribution >= 4 is 17.4 Å². The number of nitriles is 1. The molecule has 0 spiro atoms. The molecule has 3 aromatic rings. The van der Waals surface area contributed by atoms with Crippen molar-refractivity contribution in [2.24, 2.45) is 7.05 Å². The lowest BCUT2D eigenvalue weighted by molar-refractivity contribution is -0.129. The normalized spacial score (nSPS) is 17.6. The van der Waals surface area contributed by atoms with Gasteiger partial charge in [0.1, 0.15) is 0 Å². The third-order valence-electron chi connectivity index (χ3n) is 6.11. The van der Waals surface area contributed by atoms with Crippen LogP contribution in [0.15, 0.2) is 30.6 Å². The summed E-state index contributed by atoms with van der Waals surface area (Å²) in [4.78, 5) is 16.0. The molecule has 152 valence electrons. The lowest BCUT2D eigenvalue weighted by Crippen LogP contribution is -2.35. The molecule has 2 aliphatic rings. The molecule has 1 aromatic carbocycles. The van der Waals surface area contributed by atoms with Gasteiger partial charge in [0.25, 0.3) is 0 Å². The van der Waals surface area contributed by atoms with E-state index in [1.807, 2.05) is 24.3 Å². The molecule has 0 saturated carbocycles. The highest BCUT2D eigenvalue weighted by Gasteiger charge is 2.35. The predicted octanol–water partition coefficient (Wildman–Crippen LogP) is 2.69. The zero-order valence-corrected chi connectivity index (χ0v) is 17.1. The second kappa shape index (κ2) is 7.02. The number of nitrogens with zero attached hydrogens (tertiary/aromatic N) is 6. The highest BCUT2D eigenvalue weighted by atomic mass is 16.2. The first-order chi connectivity index (χ1) is 14.5. The molecule has 0 radical (unpaired) electrons. The molecule has 0 aliphatic carbocycles. The maximum Gasteiger partial charge on any atom is 0.219 e. The van der Waals surface area contributed by atoms with E-state index in [1.165, 1.54) is 5.56 Å². The molecule has 1 atom stereocenters. The molecular weight excluding hydrogens is 378 g/mol. The maximum atomic E-state index is 11.9. The summed E-state index contributed by atoms with van der Waals surface area (Å²) < 4.78 is 1.80. The number of benzene rings is 1. The molecule has 1 amide bonds. The number of aryl methyl sites for hydroxylation is 1. The number of H-pyrrole nitrogens is 1. The second-order valence-corrected chi connectivity index (χ2v) is 8.03. The zero-order chi connectivity index (χ0) is 20.8. The summed E-state index contributed by atoms with van der Waals surface area (Å²) in [5.74, 6) is 0.911. The lowest BCUT2D eigenvalue weighted by Gasteiger charge is -2.29. The first-order valence-corrected chi connectivity index (χ1v) is 10.1. The minimum absolute atomic E-state index is 0.0225. The van der Waals surface area contributed by atoms with Crippen LogP contribution in [0.25, 0.3) is 11.1 Å². The van der Waals surface area contributed by atoms with E-state index in [1.54, 1.807) is 11.6 Å². The minimum atomic E-state index is 0.0225. The van der Waals surface area contributed by atoms with Crippen LogP contribution < -0.4 is 4.90 Å². The van der Waals surface area contributed by atoms with E-state index in [2.05, 4.69) is 44.5 Å². The Morgan fingerprint density at radius 1 is 1.37 bits per heavy atom. The summed E-state index contributed by atoms with van der Waals surface area (Å²) in [5, 5.41) is 21.5. The molecule has 30 heavy (non-hydrogen) atoms. The minimum Gasteiger partial charge on any atom is -0.338 e. The van der Waals surface area contributed by atoms with Gasteiger partial charge in [-0.1, -0.05) is 6.07 Å². The smallest absolute Gasteiger partial charge is 0.219 e. The van der Waals surface area contributed by atoms with Gasteiger partial charge in [0.15, 0.2) is 5.82 Å². The summed E-state index contributed by atoms with van der Waals surface area (Å²) in [6, 6.07) is 8.76. The van der Waals surface area contributed by atoms with Crippen LogP contribution in [0.2, 0.25) is 0 Å². The standard InChI is InChI=1S/C22H23N7O/c1-14(30)28-8-6-20-19(13-28)22(26-25-20)29-18(5-7-23)10-16-9-15(3-4-21(16)29)17-11-24-27(2)12-17/h3-4,9,11-12,18H,5-6,8,10,13H2,1-2H3,(H,25,26). The van der Waals surface area contributed by atoms with Crippen LogP contribution in [0.4, 0.5) is 11.5 Å². The van der Waals surface area contributed by atoms with Crippen LogP contribution in [0.3, 0.4) is 0 Å². The van der Waals surface area contributed by atoms with Crippen molar-refractivity contribution in [2.45, 2.75) is 38.8 Å². The van der Waals surface area contributed by atoms with E-state index >= 15 is 0 Å². The number of nitrogens with one attached hydrogen (secondary N) is 1. The van der Waals surface area contributed by atoms with Crippen molar-refractivity contribution in [1.82, 2.24) is 24.9 Å². The fourth-order valence-corrected chi connectivity index (χ4v) is 4.58. The van der Waals surface area contributed by atoms with Crippen LogP contribution in [0, 0.1) is 11.3 Å². The first-order valence-electron chi connectivity index (χ1n) is 10.1. The van der Waals surface area contributed by atoms with Crippen molar-refractivity contribution < 1.29 is 4.79 Å². The topological polar surface area (TPSA) is 93.8 Å². The highest BCUT2D eigenvalue weighted by molar-refractivity contribution is 5.77. The monoisotopic (exact) mass is 401 g/mol. The predicted molar refractivity (Wildman–Crippen MR) is 112 cm³/mol. The van der Waals surface area contributed by atoms with E-state index < -0.39 is 0 Å². The average molecular weight is 401 g/mol. The second-order valence-electron chi connectivity index (χ2n) is 8.03. The van der Waals surface area contributed by atoms with Gasteiger partial charge in [-0.3, -0.25) is 14.6 Å². The van der Waals surface area contributed by atoms with Gasteiger partial charge in [0, 0.05) is 55.6 Å². The number of carbonyl (C=O) groups excluding carboxylic acids is 1. The number of amides is 1. The van der Waals surface area contributed by atoms with Crippen LogP contribution in [-0.4, -0.2) is 43.4 Å². The number of hydrogen-bond donors (Lipinski definition) is 1. The van der Waals surface area contributed by atoms with Crippen molar-refractivity contribution in [3.8, 4) is 17.2 Å². The van der Waals surface area contributed by atoms with Gasteiger partial charge in [-0.05, 0) is 29.7 Å². The summed E-state index contributed by atoms with van der Waals surface area (Å²) in [7, 11) is 1.91. The number of rotatable bonds is 3. The van der Waals surface area contributed by atoms with Gasteiger partial charge in [-0.15, -0.1) is 0 Å². The van der Waals surface area contributed by atoms with Crippen molar-refractivity contribution in [3.63, 3.8) is 0 Å². The average Bonchev–Trinajstić information content (AvgIpc) is 3.43. The number of anilines is 2. The zero-order valence-electron chi connectivity index (χ0n) is 17.1. The quantitative estimate of drug-likeness (QED) is 0.728. The maximum absolute atomic E-state index is 11.9. The third kappa shape index (κ3) is 2.94. The molecule has 8 nitrogen and oxygen atoms in total. The van der Waals surface area contributed by atoms with Gasteiger partial charge in [-0.25, -0.2) is 0 Å². The lowest BCUT2D eigenvalue weighted by atomic mass is 10.0. The third-order valence-corrected chi connectivity index (χ3v) is 6.11. The van der Waals surface area contributed by atoms with Crippen molar-refractivity contribution in [1.29, 1.82) is 5.26 Å². The Kier molecular flexibility index (Phi) is 4.31. The molecule has 1 unspecified atom stereocenters. The van der Waals surface area contributed by atoms with Crippen LogP contribution in [0.5, 0.6) is 0 Å². The van der Waals surface area contributed by atoms with E-state index in [-0.39, 0.29) is 11.9 Å². The number of aromatic amines is 1. The van der Waals surface area contributed by atoms with E-state index in [9.17, 15) is 10.1 Å².